The summed E-state index contributed by atoms with van der Waals surface area (Å²) >= 11 is 4.89. The molecule has 0 spiro atoms. The van der Waals surface area contributed by atoms with Crippen LogP contribution in [0.25, 0.3) is 0 Å². The molecule has 1 amide bonds. The minimum Gasteiger partial charge on any atom is -0.464 e. The number of halogens is 1. The Balaban J connectivity index is 2.73. The molecule has 0 aromatic carbocycles. The summed E-state index contributed by atoms with van der Waals surface area (Å²) in [6.07, 6.45) is -0.268. The highest BCUT2D eigenvalue weighted by atomic mass is 79.9. The molecule has 1 aromatic rings. The van der Waals surface area contributed by atoms with Crippen LogP contribution < -0.4 is 5.32 Å². The molecular formula is C14H20BrNO4S. The van der Waals surface area contributed by atoms with Gasteiger partial charge in [0.05, 0.1) is 10.4 Å². The van der Waals surface area contributed by atoms with Crippen molar-refractivity contribution in [3.05, 3.63) is 20.8 Å². The van der Waals surface area contributed by atoms with Crippen LogP contribution in [0.4, 0.5) is 4.79 Å². The molecule has 0 bridgehead atoms. The van der Waals surface area contributed by atoms with Gasteiger partial charge in [-0.05, 0) is 60.6 Å². The van der Waals surface area contributed by atoms with E-state index in [1.165, 1.54) is 11.3 Å². The molecule has 1 N–H and O–H groups in total. The number of carbonyl (C=O) groups is 2. The molecule has 1 atom stereocenters. The van der Waals surface area contributed by atoms with Crippen LogP contribution in [-0.4, -0.2) is 30.3 Å². The normalized spacial score (nSPS) is 12.6. The summed E-state index contributed by atoms with van der Waals surface area (Å²) in [4.78, 5) is 23.8. The van der Waals surface area contributed by atoms with Crippen molar-refractivity contribution < 1.29 is 19.1 Å². The van der Waals surface area contributed by atoms with Crippen molar-refractivity contribution >= 4 is 39.3 Å². The van der Waals surface area contributed by atoms with Crippen molar-refractivity contribution in [1.82, 2.24) is 5.32 Å². The van der Waals surface area contributed by atoms with Gasteiger partial charge in [0.1, 0.15) is 11.6 Å². The van der Waals surface area contributed by atoms with E-state index in [4.69, 9.17) is 9.47 Å². The van der Waals surface area contributed by atoms with Gasteiger partial charge in [0.2, 0.25) is 0 Å². The Hall–Kier alpha value is -1.08. The van der Waals surface area contributed by atoms with Crippen LogP contribution in [-0.2, 0) is 20.7 Å². The van der Waals surface area contributed by atoms with Crippen molar-refractivity contribution in [2.75, 3.05) is 6.61 Å². The third-order valence-corrected chi connectivity index (χ3v) is 3.88. The number of nitrogens with one attached hydrogen (secondary N) is 1. The van der Waals surface area contributed by atoms with E-state index in [1.807, 2.05) is 11.4 Å². The van der Waals surface area contributed by atoms with Crippen molar-refractivity contribution in [3.8, 4) is 0 Å². The third kappa shape index (κ3) is 6.95. The van der Waals surface area contributed by atoms with E-state index < -0.39 is 23.7 Å². The lowest BCUT2D eigenvalue weighted by Crippen LogP contribution is -2.45. The highest BCUT2D eigenvalue weighted by Crippen LogP contribution is 2.22. The van der Waals surface area contributed by atoms with E-state index in [0.717, 1.165) is 9.35 Å². The van der Waals surface area contributed by atoms with Crippen molar-refractivity contribution in [2.24, 2.45) is 0 Å². The summed E-state index contributed by atoms with van der Waals surface area (Å²) in [5, 5.41) is 4.49. The minimum absolute atomic E-state index is 0.263. The molecule has 0 aliphatic carbocycles. The van der Waals surface area contributed by atoms with Gasteiger partial charge in [-0.1, -0.05) is 0 Å². The fraction of sp³-hybridized carbons (Fsp3) is 0.571. The van der Waals surface area contributed by atoms with E-state index in [9.17, 15) is 9.59 Å². The number of thiophene rings is 1. The second-order valence-electron chi connectivity index (χ2n) is 5.41. The molecule has 5 nitrogen and oxygen atoms in total. The first-order valence-electron chi connectivity index (χ1n) is 6.60. The van der Waals surface area contributed by atoms with Crippen molar-refractivity contribution in [3.63, 3.8) is 0 Å². The molecule has 21 heavy (non-hydrogen) atoms. The fourth-order valence-electron chi connectivity index (χ4n) is 1.57. The zero-order valence-electron chi connectivity index (χ0n) is 12.6. The summed E-state index contributed by atoms with van der Waals surface area (Å²) < 4.78 is 11.1. The Morgan fingerprint density at radius 1 is 1.43 bits per heavy atom. The van der Waals surface area contributed by atoms with E-state index in [2.05, 4.69) is 21.2 Å². The summed E-state index contributed by atoms with van der Waals surface area (Å²) in [5.74, 6) is -0.467. The monoisotopic (exact) mass is 377 g/mol. The molecule has 0 radical (unpaired) electrons. The number of carbonyl (C=O) groups excluding carboxylic acids is 2. The fourth-order valence-corrected chi connectivity index (χ4v) is 2.80. The minimum atomic E-state index is -0.763. The number of hydrogen-bond donors (Lipinski definition) is 1. The Kier molecular flexibility index (Phi) is 6.67. The molecule has 118 valence electrons. The van der Waals surface area contributed by atoms with Crippen LogP contribution in [0.3, 0.4) is 0 Å². The SMILES string of the molecule is CCOC(=O)C(Cc1csc(Br)c1)NC(=O)OC(C)(C)C. The number of amides is 1. The van der Waals surface area contributed by atoms with Gasteiger partial charge >= 0.3 is 12.1 Å². The van der Waals surface area contributed by atoms with Crippen LogP contribution in [0.2, 0.25) is 0 Å². The Bertz CT molecular complexity index is 495. The van der Waals surface area contributed by atoms with Crippen LogP contribution in [0, 0.1) is 0 Å². The zero-order valence-corrected chi connectivity index (χ0v) is 15.0. The average Bonchev–Trinajstić information content (AvgIpc) is 2.72. The number of rotatable bonds is 5. The maximum absolute atomic E-state index is 12.0. The topological polar surface area (TPSA) is 64.6 Å². The van der Waals surface area contributed by atoms with Gasteiger partial charge in [-0.25, -0.2) is 9.59 Å². The molecular weight excluding hydrogens is 358 g/mol. The summed E-state index contributed by atoms with van der Waals surface area (Å²) in [6, 6.07) is 1.15. The predicted octanol–water partition coefficient (Wildman–Crippen LogP) is 3.51. The Labute approximate surface area is 137 Å². The highest BCUT2D eigenvalue weighted by molar-refractivity contribution is 9.11. The molecule has 0 saturated heterocycles. The average molecular weight is 378 g/mol. The van der Waals surface area contributed by atoms with Crippen molar-refractivity contribution in [2.45, 2.75) is 45.8 Å². The Morgan fingerprint density at radius 2 is 2.10 bits per heavy atom. The maximum Gasteiger partial charge on any atom is 0.408 e. The molecule has 7 heteroatoms. The van der Waals surface area contributed by atoms with Crippen LogP contribution >= 0.6 is 27.3 Å². The molecule has 1 heterocycles. The van der Waals surface area contributed by atoms with Gasteiger partial charge in [-0.2, -0.15) is 0 Å². The van der Waals surface area contributed by atoms with Gasteiger partial charge in [0.15, 0.2) is 0 Å². The number of alkyl carbamates (subject to hydrolysis) is 1. The van der Waals surface area contributed by atoms with Crippen LogP contribution in [0.5, 0.6) is 0 Å². The highest BCUT2D eigenvalue weighted by Gasteiger charge is 2.25. The lowest BCUT2D eigenvalue weighted by atomic mass is 10.1. The van der Waals surface area contributed by atoms with Gasteiger partial charge in [0, 0.05) is 6.42 Å². The standard InChI is InChI=1S/C14H20BrNO4S/c1-5-19-12(17)10(6-9-7-11(15)21-8-9)16-13(18)20-14(2,3)4/h7-8,10H,5-6H2,1-4H3,(H,16,18). The Morgan fingerprint density at radius 3 is 2.57 bits per heavy atom. The smallest absolute Gasteiger partial charge is 0.408 e. The number of hydrogen-bond acceptors (Lipinski definition) is 5. The summed E-state index contributed by atoms with van der Waals surface area (Å²) in [5.41, 5.74) is 0.329. The van der Waals surface area contributed by atoms with E-state index in [0.29, 0.717) is 6.42 Å². The molecule has 1 aromatic heterocycles. The van der Waals surface area contributed by atoms with E-state index in [-0.39, 0.29) is 6.61 Å². The number of esters is 1. The molecule has 0 aliphatic heterocycles. The first-order chi connectivity index (χ1) is 9.71. The van der Waals surface area contributed by atoms with Crippen LogP contribution in [0.1, 0.15) is 33.3 Å². The third-order valence-electron chi connectivity index (χ3n) is 2.32. The summed E-state index contributed by atoms with van der Waals surface area (Å²) in [7, 11) is 0. The second-order valence-corrected chi connectivity index (χ2v) is 7.70. The molecule has 0 saturated carbocycles. The maximum atomic E-state index is 12.0. The van der Waals surface area contributed by atoms with Gasteiger partial charge in [0.25, 0.3) is 0 Å². The second kappa shape index (κ2) is 7.79. The number of ether oxygens (including phenoxy) is 2. The first-order valence-corrected chi connectivity index (χ1v) is 8.27. The first kappa shape index (κ1) is 18.0. The molecule has 0 aliphatic rings. The zero-order chi connectivity index (χ0) is 16.0. The van der Waals surface area contributed by atoms with E-state index >= 15 is 0 Å². The quantitative estimate of drug-likeness (QED) is 0.797. The largest absolute Gasteiger partial charge is 0.464 e. The van der Waals surface area contributed by atoms with E-state index in [1.54, 1.807) is 27.7 Å². The molecule has 1 unspecified atom stereocenters. The van der Waals surface area contributed by atoms with Gasteiger partial charge in [-0.15, -0.1) is 11.3 Å². The summed E-state index contributed by atoms with van der Waals surface area (Å²) in [6.45, 7) is 7.29. The predicted molar refractivity (Wildman–Crippen MR) is 85.5 cm³/mol. The van der Waals surface area contributed by atoms with Crippen molar-refractivity contribution in [1.29, 1.82) is 0 Å². The lowest BCUT2D eigenvalue weighted by molar-refractivity contribution is -0.145. The van der Waals surface area contributed by atoms with Gasteiger partial charge < -0.3 is 14.8 Å². The van der Waals surface area contributed by atoms with Gasteiger partial charge in [-0.3, -0.25) is 0 Å². The van der Waals surface area contributed by atoms with Crippen LogP contribution in [0.15, 0.2) is 15.2 Å². The lowest BCUT2D eigenvalue weighted by Gasteiger charge is -2.22. The molecule has 1 rings (SSSR count). The molecule has 0 fully saturated rings.